The maximum atomic E-state index is 12.6. The van der Waals surface area contributed by atoms with Crippen LogP contribution in [0.2, 0.25) is 0 Å². The van der Waals surface area contributed by atoms with E-state index in [1.54, 1.807) is 6.07 Å². The van der Waals surface area contributed by atoms with Gasteiger partial charge in [0.25, 0.3) is 0 Å². The van der Waals surface area contributed by atoms with Gasteiger partial charge in [0.05, 0.1) is 5.56 Å². The number of amides is 1. The summed E-state index contributed by atoms with van der Waals surface area (Å²) in [6, 6.07) is 5.40. The highest BCUT2D eigenvalue weighted by Gasteiger charge is 2.31. The van der Waals surface area contributed by atoms with Gasteiger partial charge in [0.2, 0.25) is 0 Å². The molecule has 19 heavy (non-hydrogen) atoms. The van der Waals surface area contributed by atoms with E-state index < -0.39 is 17.1 Å². The van der Waals surface area contributed by atoms with Gasteiger partial charge in [-0.1, -0.05) is 18.2 Å². The molecule has 1 aromatic carbocycles. The van der Waals surface area contributed by atoms with Crippen molar-refractivity contribution in [1.82, 2.24) is 4.90 Å². The fourth-order valence-electron chi connectivity index (χ4n) is 2.36. The van der Waals surface area contributed by atoms with Gasteiger partial charge in [-0.15, -0.1) is 0 Å². The number of piperidine rings is 1. The van der Waals surface area contributed by atoms with Gasteiger partial charge >= 0.3 is 11.5 Å². The number of nitrogens with zero attached hydrogens (tertiary/aromatic N) is 1. The van der Waals surface area contributed by atoms with Crippen molar-refractivity contribution in [3.05, 3.63) is 35.4 Å². The molecule has 0 aliphatic carbocycles. The van der Waals surface area contributed by atoms with Crippen LogP contribution in [0.4, 0.5) is 18.0 Å². The molecule has 0 radical (unpaired) electrons. The Labute approximate surface area is 114 Å². The molecule has 0 spiro atoms. The molecule has 0 N–H and O–H groups in total. The Morgan fingerprint density at radius 3 is 2.42 bits per heavy atom. The summed E-state index contributed by atoms with van der Waals surface area (Å²) in [5.41, 5.74) is 0.0531. The molecular formula is C13H13ClF3NO. The van der Waals surface area contributed by atoms with E-state index in [1.165, 1.54) is 17.0 Å². The molecule has 1 aliphatic rings. The van der Waals surface area contributed by atoms with Gasteiger partial charge < -0.3 is 4.90 Å². The molecular weight excluding hydrogens is 279 g/mol. The molecule has 0 atom stereocenters. The van der Waals surface area contributed by atoms with Crippen molar-refractivity contribution in [1.29, 1.82) is 0 Å². The van der Waals surface area contributed by atoms with Crippen LogP contribution in [0.1, 0.15) is 29.9 Å². The van der Waals surface area contributed by atoms with Gasteiger partial charge in [-0.2, -0.15) is 13.2 Å². The molecule has 0 unspecified atom stereocenters. The van der Waals surface area contributed by atoms with Gasteiger partial charge in [0.15, 0.2) is 0 Å². The first-order valence-corrected chi connectivity index (χ1v) is 6.37. The highest BCUT2D eigenvalue weighted by Crippen LogP contribution is 2.34. The van der Waals surface area contributed by atoms with Crippen molar-refractivity contribution >= 4 is 17.0 Å². The lowest BCUT2D eigenvalue weighted by atomic mass is 9.89. The Hall–Kier alpha value is -1.23. The van der Waals surface area contributed by atoms with Crippen molar-refractivity contribution < 1.29 is 18.0 Å². The van der Waals surface area contributed by atoms with E-state index in [0.29, 0.717) is 31.5 Å². The second kappa shape index (κ2) is 5.41. The van der Waals surface area contributed by atoms with Gasteiger partial charge in [-0.25, -0.2) is 0 Å². The van der Waals surface area contributed by atoms with Gasteiger partial charge in [-0.05, 0) is 42.0 Å². The lowest BCUT2D eigenvalue weighted by Crippen LogP contribution is -2.34. The molecule has 0 saturated carbocycles. The highest BCUT2D eigenvalue weighted by molar-refractivity contribution is 6.62. The standard InChI is InChI=1S/C13H13ClF3NO/c14-12(19)18-6-4-9(5-7-18)10-2-1-3-11(8-10)13(15,16)17/h1-3,8-9H,4-7H2. The van der Waals surface area contributed by atoms with Crippen LogP contribution in [-0.4, -0.2) is 23.4 Å². The summed E-state index contributed by atoms with van der Waals surface area (Å²) >= 11 is 5.37. The van der Waals surface area contributed by atoms with E-state index in [0.717, 1.165) is 6.07 Å². The van der Waals surface area contributed by atoms with E-state index in [2.05, 4.69) is 0 Å². The number of rotatable bonds is 1. The van der Waals surface area contributed by atoms with Crippen molar-refractivity contribution in [2.24, 2.45) is 0 Å². The maximum Gasteiger partial charge on any atom is 0.416 e. The molecule has 2 nitrogen and oxygen atoms in total. The zero-order valence-electron chi connectivity index (χ0n) is 10.1. The Balaban J connectivity index is 2.10. The minimum atomic E-state index is -4.32. The topological polar surface area (TPSA) is 20.3 Å². The molecule has 2 rings (SSSR count). The van der Waals surface area contributed by atoms with Gasteiger partial charge in [0.1, 0.15) is 0 Å². The zero-order valence-corrected chi connectivity index (χ0v) is 10.8. The number of carbonyl (C=O) groups is 1. The summed E-state index contributed by atoms with van der Waals surface area (Å²) in [6.07, 6.45) is -3.04. The third-order valence-electron chi connectivity index (χ3n) is 3.43. The quantitative estimate of drug-likeness (QED) is 0.560. The summed E-state index contributed by atoms with van der Waals surface area (Å²) in [7, 11) is 0. The molecule has 0 aromatic heterocycles. The molecule has 1 aromatic rings. The summed E-state index contributed by atoms with van der Waals surface area (Å²) in [5.74, 6) is 0.0505. The van der Waals surface area contributed by atoms with E-state index in [1.807, 2.05) is 0 Å². The SMILES string of the molecule is O=C(Cl)N1CCC(c2cccc(C(F)(F)F)c2)CC1. The van der Waals surface area contributed by atoms with Crippen LogP contribution < -0.4 is 0 Å². The number of benzene rings is 1. The highest BCUT2D eigenvalue weighted by atomic mass is 35.5. The fraction of sp³-hybridized carbons (Fsp3) is 0.462. The molecule has 1 amide bonds. The molecule has 0 bridgehead atoms. The third kappa shape index (κ3) is 3.41. The second-order valence-corrected chi connectivity index (χ2v) is 4.96. The Morgan fingerprint density at radius 1 is 1.26 bits per heavy atom. The first-order chi connectivity index (χ1) is 8.88. The van der Waals surface area contributed by atoms with Crippen LogP contribution in [0.25, 0.3) is 0 Å². The van der Waals surface area contributed by atoms with E-state index in [-0.39, 0.29) is 5.92 Å². The minimum Gasteiger partial charge on any atom is -0.329 e. The van der Waals surface area contributed by atoms with Crippen molar-refractivity contribution in [3.63, 3.8) is 0 Å². The number of carbonyl (C=O) groups excluding carboxylic acids is 1. The average molecular weight is 292 g/mol. The maximum absolute atomic E-state index is 12.6. The van der Waals surface area contributed by atoms with Crippen molar-refractivity contribution in [3.8, 4) is 0 Å². The fourth-order valence-corrected chi connectivity index (χ4v) is 2.53. The normalized spacial score (nSPS) is 17.6. The van der Waals surface area contributed by atoms with Crippen molar-refractivity contribution in [2.45, 2.75) is 24.9 Å². The molecule has 1 heterocycles. The lowest BCUT2D eigenvalue weighted by molar-refractivity contribution is -0.137. The number of alkyl halides is 3. The predicted octanol–water partition coefficient (Wildman–Crippen LogP) is 4.24. The monoisotopic (exact) mass is 291 g/mol. The molecule has 1 saturated heterocycles. The summed E-state index contributed by atoms with van der Waals surface area (Å²) in [5, 5.41) is -0.498. The van der Waals surface area contributed by atoms with Crippen LogP contribution in [0, 0.1) is 0 Å². The van der Waals surface area contributed by atoms with E-state index >= 15 is 0 Å². The van der Waals surface area contributed by atoms with Crippen molar-refractivity contribution in [2.75, 3.05) is 13.1 Å². The summed E-state index contributed by atoms with van der Waals surface area (Å²) < 4.78 is 37.9. The first kappa shape index (κ1) is 14.2. The first-order valence-electron chi connectivity index (χ1n) is 5.99. The minimum absolute atomic E-state index is 0.0505. The number of hydrogen-bond donors (Lipinski definition) is 0. The summed E-state index contributed by atoms with van der Waals surface area (Å²) in [6.45, 7) is 0.979. The average Bonchev–Trinajstić information content (AvgIpc) is 2.38. The smallest absolute Gasteiger partial charge is 0.329 e. The number of likely N-dealkylation sites (tertiary alicyclic amines) is 1. The molecule has 1 fully saturated rings. The van der Waals surface area contributed by atoms with E-state index in [9.17, 15) is 18.0 Å². The Kier molecular flexibility index (Phi) is 4.04. The largest absolute Gasteiger partial charge is 0.416 e. The van der Waals surface area contributed by atoms with Crippen LogP contribution in [-0.2, 0) is 6.18 Å². The third-order valence-corrected chi connectivity index (χ3v) is 3.67. The second-order valence-electron chi connectivity index (χ2n) is 4.64. The van der Waals surface area contributed by atoms with Crippen LogP contribution in [0.3, 0.4) is 0 Å². The lowest BCUT2D eigenvalue weighted by Gasteiger charge is -2.30. The van der Waals surface area contributed by atoms with Crippen LogP contribution >= 0.6 is 11.6 Å². The Bertz CT molecular complexity index is 467. The van der Waals surface area contributed by atoms with Crippen LogP contribution in [0.5, 0.6) is 0 Å². The molecule has 1 aliphatic heterocycles. The van der Waals surface area contributed by atoms with Crippen LogP contribution in [0.15, 0.2) is 24.3 Å². The summed E-state index contributed by atoms with van der Waals surface area (Å²) in [4.78, 5) is 12.5. The molecule has 104 valence electrons. The van der Waals surface area contributed by atoms with Gasteiger partial charge in [0, 0.05) is 13.1 Å². The predicted molar refractivity (Wildman–Crippen MR) is 66.2 cm³/mol. The van der Waals surface area contributed by atoms with Gasteiger partial charge in [-0.3, -0.25) is 4.79 Å². The Morgan fingerprint density at radius 2 is 1.89 bits per heavy atom. The number of halogens is 4. The zero-order chi connectivity index (χ0) is 14.0. The molecule has 6 heteroatoms. The number of hydrogen-bond acceptors (Lipinski definition) is 1. The van der Waals surface area contributed by atoms with E-state index in [4.69, 9.17) is 11.6 Å².